The van der Waals surface area contributed by atoms with Crippen LogP contribution < -0.4 is 5.73 Å². The molecule has 0 spiro atoms. The Balaban J connectivity index is 1.95. The Morgan fingerprint density at radius 1 is 1.31 bits per heavy atom. The minimum atomic E-state index is -1.36. The molecule has 0 radical (unpaired) electrons. The number of aromatic nitrogens is 1. The Morgan fingerprint density at radius 3 is 2.79 bits per heavy atom. The summed E-state index contributed by atoms with van der Waals surface area (Å²) in [6, 6.07) is 7.32. The normalized spacial score (nSPS) is 21.0. The van der Waals surface area contributed by atoms with Crippen LogP contribution in [0.25, 0.3) is 0 Å². The maximum absolute atomic E-state index is 14.0. The Morgan fingerprint density at radius 2 is 2.10 bits per heavy atom. The summed E-state index contributed by atoms with van der Waals surface area (Å²) in [6.45, 7) is 0. The smallest absolute Gasteiger partial charge is 0.361 e. The average Bonchev–Trinajstić information content (AvgIpc) is 2.66. The van der Waals surface area contributed by atoms with Gasteiger partial charge in [0, 0.05) is 29.0 Å². The number of carbonyl (C=O) groups excluding carboxylic acids is 2. The van der Waals surface area contributed by atoms with Gasteiger partial charge in [-0.1, -0.05) is 23.6 Å². The third-order valence-corrected chi connectivity index (χ3v) is 4.90. The molecular weight excluding hydrogens is 402 g/mol. The van der Waals surface area contributed by atoms with E-state index in [2.05, 4.69) is 16.8 Å². The monoisotopic (exact) mass is 418 g/mol. The Bertz CT molecular complexity index is 1020. The number of esters is 1. The highest BCUT2D eigenvalue weighted by molar-refractivity contribution is 6.30. The van der Waals surface area contributed by atoms with Gasteiger partial charge in [0.05, 0.1) is 6.20 Å². The van der Waals surface area contributed by atoms with Crippen LogP contribution in [0.15, 0.2) is 36.5 Å². The molecule has 2 aromatic rings. The van der Waals surface area contributed by atoms with Crippen LogP contribution >= 0.6 is 11.6 Å². The van der Waals surface area contributed by atoms with Gasteiger partial charge in [0.1, 0.15) is 5.82 Å². The molecule has 2 N–H and O–H groups in total. The molecule has 1 aromatic heterocycles. The van der Waals surface area contributed by atoms with Crippen molar-refractivity contribution in [2.45, 2.75) is 31.3 Å². The van der Waals surface area contributed by atoms with Crippen molar-refractivity contribution in [3.05, 3.63) is 64.4 Å². The van der Waals surface area contributed by atoms with Crippen LogP contribution in [-0.2, 0) is 9.53 Å². The number of benzene rings is 1. The molecule has 29 heavy (non-hydrogen) atoms. The van der Waals surface area contributed by atoms with Gasteiger partial charge in [0.25, 0.3) is 0 Å². The molecule has 3 rings (SSSR count). The number of nitrogens with two attached hydrogens (primary N) is 1. The second kappa shape index (κ2) is 8.58. The third-order valence-electron chi connectivity index (χ3n) is 4.66. The van der Waals surface area contributed by atoms with Gasteiger partial charge in [-0.2, -0.15) is 0 Å². The van der Waals surface area contributed by atoms with E-state index < -0.39 is 40.7 Å². The number of nitrogens with zero attached hydrogens (tertiary/aromatic N) is 1. The topological polar surface area (TPSA) is 82.3 Å². The molecule has 1 aromatic carbocycles. The summed E-state index contributed by atoms with van der Waals surface area (Å²) in [5.74, 6) is 1.59. The molecule has 5 nitrogen and oxygen atoms in total. The van der Waals surface area contributed by atoms with Crippen LogP contribution in [0.3, 0.4) is 0 Å². The van der Waals surface area contributed by atoms with E-state index in [1.54, 1.807) is 24.3 Å². The van der Waals surface area contributed by atoms with E-state index in [9.17, 15) is 18.4 Å². The number of pyridine rings is 1. The van der Waals surface area contributed by atoms with Crippen molar-refractivity contribution in [2.75, 3.05) is 0 Å². The summed E-state index contributed by atoms with van der Waals surface area (Å²) in [5, 5.41) is 0.485. The second-order valence-corrected chi connectivity index (χ2v) is 7.26. The minimum absolute atomic E-state index is 0.0739. The number of hydrogen-bond donors (Lipinski definition) is 1. The molecule has 1 heterocycles. The summed E-state index contributed by atoms with van der Waals surface area (Å²) < 4.78 is 32.6. The molecule has 1 aliphatic carbocycles. The lowest BCUT2D eigenvalue weighted by Crippen LogP contribution is -2.42. The van der Waals surface area contributed by atoms with Crippen LogP contribution in [0.5, 0.6) is 0 Å². The molecule has 8 heteroatoms. The molecule has 2 atom stereocenters. The first-order valence-electron chi connectivity index (χ1n) is 8.90. The largest absolute Gasteiger partial charge is 0.441 e. The fourth-order valence-corrected chi connectivity index (χ4v) is 3.44. The minimum Gasteiger partial charge on any atom is -0.441 e. The first kappa shape index (κ1) is 20.7. The van der Waals surface area contributed by atoms with Crippen molar-refractivity contribution < 1.29 is 23.1 Å². The van der Waals surface area contributed by atoms with Crippen molar-refractivity contribution in [2.24, 2.45) is 11.7 Å². The summed E-state index contributed by atoms with van der Waals surface area (Å²) in [6.07, 6.45) is 2.20. The fraction of sp³-hybridized carbons (Fsp3) is 0.286. The van der Waals surface area contributed by atoms with Crippen molar-refractivity contribution in [3.63, 3.8) is 0 Å². The number of ether oxygens (including phenoxy) is 1. The second-order valence-electron chi connectivity index (χ2n) is 6.82. The zero-order chi connectivity index (χ0) is 21.0. The Kier molecular flexibility index (Phi) is 6.14. The predicted molar refractivity (Wildman–Crippen MR) is 102 cm³/mol. The van der Waals surface area contributed by atoms with Crippen LogP contribution in [0.1, 0.15) is 41.7 Å². The van der Waals surface area contributed by atoms with Crippen LogP contribution in [0.2, 0.25) is 5.02 Å². The van der Waals surface area contributed by atoms with Gasteiger partial charge < -0.3 is 10.5 Å². The van der Waals surface area contributed by atoms with E-state index in [0.717, 1.165) is 6.20 Å². The molecular formula is C21H17ClF2N2O3. The summed E-state index contributed by atoms with van der Waals surface area (Å²) in [5.41, 5.74) is 4.01. The van der Waals surface area contributed by atoms with Crippen LogP contribution in [0.4, 0.5) is 8.78 Å². The molecule has 1 fully saturated rings. The van der Waals surface area contributed by atoms with E-state index >= 15 is 0 Å². The van der Waals surface area contributed by atoms with Crippen molar-refractivity contribution >= 4 is 23.5 Å². The number of amides is 1. The zero-order valence-electron chi connectivity index (χ0n) is 15.3. The summed E-state index contributed by atoms with van der Waals surface area (Å²) in [7, 11) is 0. The van der Waals surface area contributed by atoms with Gasteiger partial charge >= 0.3 is 5.97 Å². The molecule has 150 valence electrons. The Labute approximate surface area is 171 Å². The molecule has 0 bridgehead atoms. The van der Waals surface area contributed by atoms with Gasteiger partial charge in [-0.25, -0.2) is 18.6 Å². The summed E-state index contributed by atoms with van der Waals surface area (Å²) >= 11 is 5.97. The molecule has 0 unspecified atom stereocenters. The fourth-order valence-electron chi connectivity index (χ4n) is 3.25. The SMILES string of the molecule is NC(=O)[C@@H]1CCC[C@@](C#Cc2cccc(Cl)c2)(OC(=O)c2ncc(F)cc2F)C1. The maximum atomic E-state index is 14.0. The van der Waals surface area contributed by atoms with Gasteiger partial charge in [0.15, 0.2) is 17.1 Å². The van der Waals surface area contributed by atoms with Crippen LogP contribution in [-0.4, -0.2) is 22.5 Å². The standard InChI is InChI=1S/C21H17ClF2N2O3/c22-15-5-1-3-13(9-15)6-8-21(7-2-4-14(11-21)19(25)27)29-20(28)18-17(24)10-16(23)12-26-18/h1,3,5,9-10,12,14H,2,4,7,11H2,(H2,25,27)/t14-,21+/m1/s1. The molecule has 0 aliphatic heterocycles. The highest BCUT2D eigenvalue weighted by atomic mass is 35.5. The zero-order valence-corrected chi connectivity index (χ0v) is 16.0. The molecule has 1 aliphatic rings. The first-order chi connectivity index (χ1) is 13.8. The third kappa shape index (κ3) is 5.09. The van der Waals surface area contributed by atoms with E-state index in [1.165, 1.54) is 0 Å². The number of halogens is 3. The van der Waals surface area contributed by atoms with Gasteiger partial charge in [0.2, 0.25) is 5.91 Å². The molecule has 1 saturated carbocycles. The van der Waals surface area contributed by atoms with E-state index in [4.69, 9.17) is 22.1 Å². The van der Waals surface area contributed by atoms with Crippen LogP contribution in [0, 0.1) is 29.4 Å². The lowest BCUT2D eigenvalue weighted by atomic mass is 9.77. The van der Waals surface area contributed by atoms with Gasteiger partial charge in [-0.15, -0.1) is 0 Å². The average molecular weight is 419 g/mol. The van der Waals surface area contributed by atoms with Crippen molar-refractivity contribution in [1.29, 1.82) is 0 Å². The number of primary amides is 1. The van der Waals surface area contributed by atoms with Gasteiger partial charge in [-0.3, -0.25) is 4.79 Å². The van der Waals surface area contributed by atoms with E-state index in [1.807, 2.05) is 0 Å². The highest BCUT2D eigenvalue weighted by Crippen LogP contribution is 2.36. The number of rotatable bonds is 3. The van der Waals surface area contributed by atoms with E-state index in [-0.39, 0.29) is 6.42 Å². The molecule has 1 amide bonds. The highest BCUT2D eigenvalue weighted by Gasteiger charge is 2.41. The number of carbonyl (C=O) groups is 2. The molecule has 0 saturated heterocycles. The summed E-state index contributed by atoms with van der Waals surface area (Å²) in [4.78, 5) is 27.7. The lowest BCUT2D eigenvalue weighted by Gasteiger charge is -2.35. The van der Waals surface area contributed by atoms with E-state index in [0.29, 0.717) is 35.9 Å². The lowest BCUT2D eigenvalue weighted by molar-refractivity contribution is -0.125. The van der Waals surface area contributed by atoms with Crippen molar-refractivity contribution in [3.8, 4) is 11.8 Å². The van der Waals surface area contributed by atoms with Crippen molar-refractivity contribution in [1.82, 2.24) is 4.98 Å². The maximum Gasteiger partial charge on any atom is 0.361 e. The Hall–Kier alpha value is -2.98. The predicted octanol–water partition coefficient (Wildman–Crippen LogP) is 3.64. The van der Waals surface area contributed by atoms with Gasteiger partial charge in [-0.05, 0) is 43.4 Å². The number of hydrogen-bond acceptors (Lipinski definition) is 4. The first-order valence-corrected chi connectivity index (χ1v) is 9.28. The quantitative estimate of drug-likeness (QED) is 0.609.